The van der Waals surface area contributed by atoms with Gasteiger partial charge in [0, 0.05) is 23.6 Å². The highest BCUT2D eigenvalue weighted by Gasteiger charge is 2.48. The van der Waals surface area contributed by atoms with Crippen molar-refractivity contribution in [1.29, 1.82) is 0 Å². The van der Waals surface area contributed by atoms with E-state index in [1.54, 1.807) is 0 Å². The van der Waals surface area contributed by atoms with Crippen molar-refractivity contribution >= 4 is 35.5 Å². The topological polar surface area (TPSA) is 110 Å². The standard InChI is InChI=1S/C34H40N4O5/c1-34(2,3)29-31(39)38-21-25(20-26(38)32(40)42-4)30-35-27(23-15-9-7-10-16-23)28(36-30)24-17-12-14-22(19-24)13-8-5-6-11-18-43-33(41)37-29/h7-10,12-17,19,25-26,29-30H,5-6,11,18,20-21H2,1-4H3,(H,37,41)/t25-,26+,29-,30?/m1/s1. The van der Waals surface area contributed by atoms with Crippen molar-refractivity contribution in [3.8, 4) is 0 Å². The molecular weight excluding hydrogens is 544 g/mol. The van der Waals surface area contributed by atoms with Gasteiger partial charge in [0.2, 0.25) is 5.91 Å². The van der Waals surface area contributed by atoms with Gasteiger partial charge >= 0.3 is 12.1 Å². The summed E-state index contributed by atoms with van der Waals surface area (Å²) in [6, 6.07) is 16.4. The Morgan fingerprint density at radius 1 is 1.00 bits per heavy atom. The van der Waals surface area contributed by atoms with E-state index < -0.39 is 35.7 Å². The fourth-order valence-corrected chi connectivity index (χ4v) is 5.84. The number of allylic oxidation sites excluding steroid dienone is 1. The minimum Gasteiger partial charge on any atom is -0.467 e. The van der Waals surface area contributed by atoms with Gasteiger partial charge in [-0.2, -0.15) is 0 Å². The number of esters is 1. The maximum absolute atomic E-state index is 14.1. The number of hydrogen-bond donors (Lipinski definition) is 1. The number of hydrogen-bond acceptors (Lipinski definition) is 7. The third-order valence-corrected chi connectivity index (χ3v) is 8.15. The first kappa shape index (κ1) is 30.2. The molecule has 9 nitrogen and oxygen atoms in total. The first-order chi connectivity index (χ1) is 20.7. The minimum absolute atomic E-state index is 0.231. The molecule has 5 rings (SSSR count). The van der Waals surface area contributed by atoms with Gasteiger partial charge in [0.25, 0.3) is 0 Å². The quantitative estimate of drug-likeness (QED) is 0.498. The lowest BCUT2D eigenvalue weighted by molar-refractivity contribution is -0.152. The largest absolute Gasteiger partial charge is 0.467 e. The van der Waals surface area contributed by atoms with Crippen molar-refractivity contribution < 1.29 is 23.9 Å². The van der Waals surface area contributed by atoms with Crippen molar-refractivity contribution in [2.24, 2.45) is 21.3 Å². The van der Waals surface area contributed by atoms with Crippen LogP contribution in [0.4, 0.5) is 4.79 Å². The highest BCUT2D eigenvalue weighted by atomic mass is 16.5. The van der Waals surface area contributed by atoms with Crippen LogP contribution in [0.5, 0.6) is 0 Å². The molecule has 2 aromatic carbocycles. The van der Waals surface area contributed by atoms with E-state index in [4.69, 9.17) is 19.5 Å². The average molecular weight is 585 g/mol. The number of nitrogens with zero attached hydrogens (tertiary/aromatic N) is 3. The van der Waals surface area contributed by atoms with E-state index in [0.29, 0.717) is 12.8 Å². The molecular formula is C34H40N4O5. The Bertz CT molecular complexity index is 1440. The van der Waals surface area contributed by atoms with Crippen LogP contribution in [-0.2, 0) is 19.1 Å². The second-order valence-electron chi connectivity index (χ2n) is 12.4. The molecule has 2 aromatic rings. The number of rotatable bonds is 2. The Morgan fingerprint density at radius 3 is 2.44 bits per heavy atom. The van der Waals surface area contributed by atoms with Crippen LogP contribution in [0.2, 0.25) is 0 Å². The molecule has 0 radical (unpaired) electrons. The van der Waals surface area contributed by atoms with Crippen LogP contribution in [0.15, 0.2) is 70.7 Å². The highest BCUT2D eigenvalue weighted by molar-refractivity contribution is 6.54. The maximum atomic E-state index is 14.1. The zero-order valence-corrected chi connectivity index (χ0v) is 25.3. The molecule has 9 heteroatoms. The summed E-state index contributed by atoms with van der Waals surface area (Å²) in [5, 5.41) is 2.78. The van der Waals surface area contributed by atoms with Gasteiger partial charge < -0.3 is 19.7 Å². The van der Waals surface area contributed by atoms with Crippen LogP contribution in [-0.4, -0.2) is 72.8 Å². The summed E-state index contributed by atoms with van der Waals surface area (Å²) in [5.74, 6) is -1.09. The monoisotopic (exact) mass is 584 g/mol. The van der Waals surface area contributed by atoms with Gasteiger partial charge in [0.15, 0.2) is 0 Å². The molecule has 0 aliphatic carbocycles. The van der Waals surface area contributed by atoms with Crippen molar-refractivity contribution in [2.75, 3.05) is 20.3 Å². The maximum Gasteiger partial charge on any atom is 0.407 e. The van der Waals surface area contributed by atoms with Gasteiger partial charge in [-0.15, -0.1) is 0 Å². The van der Waals surface area contributed by atoms with Crippen LogP contribution in [0.3, 0.4) is 0 Å². The van der Waals surface area contributed by atoms with Gasteiger partial charge in [-0.25, -0.2) is 9.59 Å². The molecule has 1 unspecified atom stereocenters. The van der Waals surface area contributed by atoms with Gasteiger partial charge in [0.05, 0.1) is 25.1 Å². The van der Waals surface area contributed by atoms with Crippen molar-refractivity contribution in [1.82, 2.24) is 10.2 Å². The third kappa shape index (κ3) is 6.87. The van der Waals surface area contributed by atoms with Crippen LogP contribution in [0.1, 0.15) is 63.1 Å². The molecule has 1 N–H and O–H groups in total. The molecule has 6 bridgehead atoms. The van der Waals surface area contributed by atoms with Gasteiger partial charge in [0.1, 0.15) is 18.2 Å². The van der Waals surface area contributed by atoms with Gasteiger partial charge in [-0.1, -0.05) is 81.5 Å². The molecule has 4 atom stereocenters. The summed E-state index contributed by atoms with van der Waals surface area (Å²) in [5.41, 5.74) is 3.90. The Hall–Kier alpha value is -4.27. The molecule has 1 saturated heterocycles. The molecule has 3 aliphatic rings. The first-order valence-corrected chi connectivity index (χ1v) is 15.0. The molecule has 0 spiro atoms. The normalized spacial score (nSPS) is 24.9. The van der Waals surface area contributed by atoms with E-state index >= 15 is 0 Å². The number of amides is 2. The lowest BCUT2D eigenvalue weighted by Crippen LogP contribution is -2.57. The molecule has 43 heavy (non-hydrogen) atoms. The van der Waals surface area contributed by atoms with E-state index in [9.17, 15) is 14.4 Å². The van der Waals surface area contributed by atoms with Crippen LogP contribution < -0.4 is 5.32 Å². The van der Waals surface area contributed by atoms with E-state index in [0.717, 1.165) is 41.0 Å². The number of benzene rings is 2. The summed E-state index contributed by atoms with van der Waals surface area (Å²) in [6.45, 7) is 6.12. The molecule has 2 amide bonds. The van der Waals surface area contributed by atoms with E-state index in [2.05, 4.69) is 29.6 Å². The van der Waals surface area contributed by atoms with Crippen molar-refractivity contribution in [3.63, 3.8) is 0 Å². The predicted molar refractivity (Wildman–Crippen MR) is 166 cm³/mol. The molecule has 3 heterocycles. The summed E-state index contributed by atoms with van der Waals surface area (Å²) in [4.78, 5) is 51.6. The number of alkyl carbamates (subject to hydrolysis) is 1. The van der Waals surface area contributed by atoms with Crippen LogP contribution >= 0.6 is 0 Å². The number of carbonyl (C=O) groups is 3. The summed E-state index contributed by atoms with van der Waals surface area (Å²) < 4.78 is 10.6. The van der Waals surface area contributed by atoms with Gasteiger partial charge in [-0.05, 0) is 42.7 Å². The second-order valence-corrected chi connectivity index (χ2v) is 12.4. The fraction of sp³-hybridized carbons (Fsp3) is 0.441. The summed E-state index contributed by atoms with van der Waals surface area (Å²) >= 11 is 0. The van der Waals surface area contributed by atoms with Gasteiger partial charge in [-0.3, -0.25) is 14.8 Å². The number of fused-ring (bicyclic) bond motifs is 7. The number of methoxy groups -OCH3 is 1. The predicted octanol–water partition coefficient (Wildman–Crippen LogP) is 5.03. The average Bonchev–Trinajstić information content (AvgIpc) is 3.64. The highest BCUT2D eigenvalue weighted by Crippen LogP contribution is 2.34. The second kappa shape index (κ2) is 12.9. The fourth-order valence-electron chi connectivity index (χ4n) is 5.84. The van der Waals surface area contributed by atoms with E-state index in [1.807, 2.05) is 63.2 Å². The Kier molecular flexibility index (Phi) is 9.08. The number of cyclic esters (lactones) is 1. The van der Waals surface area contributed by atoms with E-state index in [1.165, 1.54) is 12.0 Å². The molecule has 0 aromatic heterocycles. The zero-order chi connectivity index (χ0) is 30.6. The molecule has 1 fully saturated rings. The number of nitrogens with one attached hydrogen (secondary N) is 1. The van der Waals surface area contributed by atoms with Crippen molar-refractivity contribution in [2.45, 2.75) is 64.7 Å². The number of aliphatic imine (C=N–C) groups is 2. The Labute approximate surface area is 253 Å². The Morgan fingerprint density at radius 2 is 1.72 bits per heavy atom. The van der Waals surface area contributed by atoms with Crippen LogP contribution in [0.25, 0.3) is 6.08 Å². The SMILES string of the molecule is COC(=O)[C@@H]1C[C@@H]2CN1C(=O)[C@H](C(C)(C)C)NC(=O)OCCCCC=Cc1cccc(c1)C1=NC2N=C1c1ccccc1. The van der Waals surface area contributed by atoms with Crippen LogP contribution in [0, 0.1) is 11.3 Å². The molecule has 226 valence electrons. The smallest absolute Gasteiger partial charge is 0.407 e. The van der Waals surface area contributed by atoms with Crippen molar-refractivity contribution in [3.05, 3.63) is 77.4 Å². The van der Waals surface area contributed by atoms with E-state index in [-0.39, 0.29) is 25.0 Å². The first-order valence-electron chi connectivity index (χ1n) is 15.0. The third-order valence-electron chi connectivity index (χ3n) is 8.15. The summed E-state index contributed by atoms with van der Waals surface area (Å²) in [7, 11) is 1.32. The number of carbonyl (C=O) groups excluding carboxylic acids is 3. The lowest BCUT2D eigenvalue weighted by Gasteiger charge is -2.34. The number of ether oxygens (including phenoxy) is 2. The minimum atomic E-state index is -0.909. The zero-order valence-electron chi connectivity index (χ0n) is 25.3. The lowest BCUT2D eigenvalue weighted by atomic mass is 9.85. The molecule has 3 aliphatic heterocycles. The summed E-state index contributed by atoms with van der Waals surface area (Å²) in [6.07, 6.45) is 5.79. The Balaban J connectivity index is 1.56. The molecule has 0 saturated carbocycles.